The van der Waals surface area contributed by atoms with Gasteiger partial charge in [0.05, 0.1) is 22.4 Å². The maximum atomic E-state index is 12.7. The number of fused-ring (bicyclic) bond motifs is 1. The van der Waals surface area contributed by atoms with Gasteiger partial charge < -0.3 is 10.6 Å². The van der Waals surface area contributed by atoms with Gasteiger partial charge in [-0.25, -0.2) is 14.8 Å². The quantitative estimate of drug-likeness (QED) is 0.847. The summed E-state index contributed by atoms with van der Waals surface area (Å²) in [7, 11) is 0. The van der Waals surface area contributed by atoms with E-state index in [-0.39, 0.29) is 11.6 Å². The molecule has 0 spiro atoms. The van der Waals surface area contributed by atoms with E-state index in [1.807, 2.05) is 32.0 Å². The minimum atomic E-state index is -0.0805. The van der Waals surface area contributed by atoms with Crippen LogP contribution in [0.5, 0.6) is 0 Å². The fourth-order valence-corrected chi connectivity index (χ4v) is 5.98. The number of carbonyl (C=O) groups is 1. The molecule has 0 radical (unpaired) electrons. The molecule has 5 nitrogen and oxygen atoms in total. The van der Waals surface area contributed by atoms with Crippen molar-refractivity contribution >= 4 is 22.8 Å². The van der Waals surface area contributed by atoms with E-state index in [1.165, 1.54) is 19.3 Å². The zero-order valence-electron chi connectivity index (χ0n) is 15.5. The molecule has 6 rings (SSSR count). The fraction of sp³-hybridized carbons (Fsp3) is 0.571. The third-order valence-electron chi connectivity index (χ3n) is 6.75. The molecule has 1 aromatic carbocycles. The van der Waals surface area contributed by atoms with Crippen molar-refractivity contribution in [2.75, 3.05) is 5.32 Å². The summed E-state index contributed by atoms with van der Waals surface area (Å²) in [5, 5.41) is 6.38. The van der Waals surface area contributed by atoms with E-state index < -0.39 is 0 Å². The summed E-state index contributed by atoms with van der Waals surface area (Å²) in [6, 6.07) is 5.66. The topological polar surface area (TPSA) is 66.9 Å². The summed E-state index contributed by atoms with van der Waals surface area (Å²) in [6.07, 6.45) is 7.62. The molecule has 2 amide bonds. The molecule has 4 bridgehead atoms. The number of carbonyl (C=O) groups excluding carboxylic acids is 1. The summed E-state index contributed by atoms with van der Waals surface area (Å²) < 4.78 is 0. The number of anilines is 1. The molecule has 4 aliphatic carbocycles. The van der Waals surface area contributed by atoms with E-state index in [2.05, 4.69) is 20.6 Å². The van der Waals surface area contributed by atoms with Crippen LogP contribution in [-0.2, 0) is 0 Å². The highest BCUT2D eigenvalue weighted by Gasteiger charge is 2.51. The van der Waals surface area contributed by atoms with Gasteiger partial charge in [0.2, 0.25) is 0 Å². The first-order valence-corrected chi connectivity index (χ1v) is 9.82. The van der Waals surface area contributed by atoms with Gasteiger partial charge in [-0.15, -0.1) is 0 Å². The Labute approximate surface area is 154 Å². The summed E-state index contributed by atoms with van der Waals surface area (Å²) in [6.45, 7) is 3.93. The van der Waals surface area contributed by atoms with E-state index in [1.54, 1.807) is 0 Å². The second kappa shape index (κ2) is 5.66. The Morgan fingerprint density at radius 2 is 1.54 bits per heavy atom. The molecular formula is C21H26N4O. The van der Waals surface area contributed by atoms with Crippen LogP contribution in [-0.4, -0.2) is 21.5 Å². The van der Waals surface area contributed by atoms with Crippen molar-refractivity contribution in [3.8, 4) is 0 Å². The summed E-state index contributed by atoms with van der Waals surface area (Å²) in [5.41, 5.74) is 4.35. The normalized spacial score (nSPS) is 32.0. The van der Waals surface area contributed by atoms with Crippen LogP contribution in [0, 0.1) is 31.6 Å². The Bertz CT molecular complexity index is 856. The van der Waals surface area contributed by atoms with Crippen LogP contribution in [0.15, 0.2) is 18.2 Å². The van der Waals surface area contributed by atoms with Gasteiger partial charge in [0.25, 0.3) is 0 Å². The second-order valence-corrected chi connectivity index (χ2v) is 8.87. The van der Waals surface area contributed by atoms with Crippen molar-refractivity contribution in [1.82, 2.24) is 15.3 Å². The number of urea groups is 1. The number of hydrogen-bond donors (Lipinski definition) is 2. The first-order valence-electron chi connectivity index (χ1n) is 9.82. The molecule has 0 unspecified atom stereocenters. The van der Waals surface area contributed by atoms with E-state index >= 15 is 0 Å². The van der Waals surface area contributed by atoms with Gasteiger partial charge in [-0.3, -0.25) is 0 Å². The number of hydrogen-bond acceptors (Lipinski definition) is 3. The van der Waals surface area contributed by atoms with E-state index in [0.29, 0.717) is 0 Å². The zero-order chi connectivity index (χ0) is 17.9. The van der Waals surface area contributed by atoms with Crippen molar-refractivity contribution in [1.29, 1.82) is 0 Å². The molecule has 0 atom stereocenters. The lowest BCUT2D eigenvalue weighted by molar-refractivity contribution is -0.0127. The highest BCUT2D eigenvalue weighted by molar-refractivity contribution is 5.92. The Morgan fingerprint density at radius 1 is 0.962 bits per heavy atom. The molecular weight excluding hydrogens is 324 g/mol. The Balaban J connectivity index is 1.33. The maximum absolute atomic E-state index is 12.7. The predicted molar refractivity (Wildman–Crippen MR) is 102 cm³/mol. The van der Waals surface area contributed by atoms with Gasteiger partial charge in [-0.05, 0) is 88.3 Å². The van der Waals surface area contributed by atoms with Crippen molar-refractivity contribution < 1.29 is 4.79 Å². The zero-order valence-corrected chi connectivity index (χ0v) is 15.5. The SMILES string of the molecule is Cc1nc2ccc(NC(=O)NC34CC5CC(CC(C5)C3)C4)cc2nc1C. The minimum absolute atomic E-state index is 0.0309. The van der Waals surface area contributed by atoms with E-state index in [0.717, 1.165) is 65.1 Å². The lowest BCUT2D eigenvalue weighted by atomic mass is 9.53. The number of aromatic nitrogens is 2. The monoisotopic (exact) mass is 350 g/mol. The largest absolute Gasteiger partial charge is 0.332 e. The third-order valence-corrected chi connectivity index (χ3v) is 6.75. The molecule has 4 saturated carbocycles. The van der Waals surface area contributed by atoms with Crippen molar-refractivity contribution in [3.05, 3.63) is 29.6 Å². The number of nitrogens with one attached hydrogen (secondary N) is 2. The molecule has 0 saturated heterocycles. The highest BCUT2D eigenvalue weighted by atomic mass is 16.2. The highest BCUT2D eigenvalue weighted by Crippen LogP contribution is 2.55. The average Bonchev–Trinajstić information content (AvgIpc) is 2.54. The van der Waals surface area contributed by atoms with Gasteiger partial charge in [0.15, 0.2) is 0 Å². The molecule has 0 aliphatic heterocycles. The molecule has 2 aromatic rings. The number of rotatable bonds is 2. The molecule has 4 fully saturated rings. The molecule has 1 heterocycles. The molecule has 5 heteroatoms. The fourth-order valence-electron chi connectivity index (χ4n) is 5.98. The van der Waals surface area contributed by atoms with Crippen LogP contribution in [0.4, 0.5) is 10.5 Å². The lowest BCUT2D eigenvalue weighted by Gasteiger charge is -2.56. The number of aryl methyl sites for hydroxylation is 2. The van der Waals surface area contributed by atoms with Gasteiger partial charge in [0, 0.05) is 11.2 Å². The van der Waals surface area contributed by atoms with Crippen LogP contribution in [0.1, 0.15) is 49.9 Å². The minimum Gasteiger partial charge on any atom is -0.332 e. The van der Waals surface area contributed by atoms with Crippen molar-refractivity contribution in [3.63, 3.8) is 0 Å². The second-order valence-electron chi connectivity index (χ2n) is 8.87. The number of amides is 2. The van der Waals surface area contributed by atoms with Gasteiger partial charge in [-0.1, -0.05) is 0 Å². The first kappa shape index (κ1) is 16.0. The summed E-state index contributed by atoms with van der Waals surface area (Å²) >= 11 is 0. The molecule has 4 aliphatic rings. The number of benzene rings is 1. The van der Waals surface area contributed by atoms with Crippen LogP contribution in [0.25, 0.3) is 11.0 Å². The van der Waals surface area contributed by atoms with Gasteiger partial charge in [-0.2, -0.15) is 0 Å². The van der Waals surface area contributed by atoms with Crippen molar-refractivity contribution in [2.24, 2.45) is 17.8 Å². The predicted octanol–water partition coefficient (Wildman–Crippen LogP) is 4.34. The standard InChI is InChI=1S/C21H26N4O/c1-12-13(2)23-19-8-17(3-4-18(19)22-12)24-20(26)25-21-9-14-5-15(10-21)7-16(6-14)11-21/h3-4,8,14-16H,5-7,9-11H2,1-2H3,(H2,24,25,26). The maximum Gasteiger partial charge on any atom is 0.319 e. The number of nitrogens with zero attached hydrogens (tertiary/aromatic N) is 2. The van der Waals surface area contributed by atoms with E-state index in [9.17, 15) is 4.79 Å². The molecule has 2 N–H and O–H groups in total. The lowest BCUT2D eigenvalue weighted by Crippen LogP contribution is -2.60. The van der Waals surface area contributed by atoms with E-state index in [4.69, 9.17) is 0 Å². The Kier molecular flexibility index (Phi) is 3.49. The Hall–Kier alpha value is -2.17. The first-order chi connectivity index (χ1) is 12.5. The van der Waals surface area contributed by atoms with Crippen LogP contribution in [0.2, 0.25) is 0 Å². The third kappa shape index (κ3) is 2.74. The summed E-state index contributed by atoms with van der Waals surface area (Å²) in [5.74, 6) is 2.47. The van der Waals surface area contributed by atoms with Gasteiger partial charge >= 0.3 is 6.03 Å². The molecule has 1 aromatic heterocycles. The Morgan fingerprint density at radius 3 is 2.15 bits per heavy atom. The van der Waals surface area contributed by atoms with Gasteiger partial charge in [0.1, 0.15) is 0 Å². The van der Waals surface area contributed by atoms with Crippen LogP contribution >= 0.6 is 0 Å². The summed E-state index contributed by atoms with van der Waals surface area (Å²) in [4.78, 5) is 21.8. The smallest absolute Gasteiger partial charge is 0.319 e. The van der Waals surface area contributed by atoms with Crippen LogP contribution < -0.4 is 10.6 Å². The van der Waals surface area contributed by atoms with Crippen molar-refractivity contribution in [2.45, 2.75) is 57.9 Å². The average molecular weight is 350 g/mol. The molecule has 136 valence electrons. The van der Waals surface area contributed by atoms with Crippen LogP contribution in [0.3, 0.4) is 0 Å². The molecule has 26 heavy (non-hydrogen) atoms.